The van der Waals surface area contributed by atoms with Crippen molar-refractivity contribution < 1.29 is 41.8 Å². The number of allylic oxidation sites excluding steroid dienone is 2. The summed E-state index contributed by atoms with van der Waals surface area (Å²) in [4.78, 5) is 63.2. The van der Waals surface area contributed by atoms with Crippen LogP contribution < -0.4 is 24.2 Å². The first-order valence-corrected chi connectivity index (χ1v) is 21.8. The van der Waals surface area contributed by atoms with E-state index in [-0.39, 0.29) is 42.9 Å². The number of amides is 3. The first kappa shape index (κ1) is 41.2. The average Bonchev–Trinajstić information content (AvgIpc) is 4.07. The zero-order chi connectivity index (χ0) is 41.5. The molecule has 3 aromatic rings. The molecule has 3 fully saturated rings. The number of benzene rings is 1. The Morgan fingerprint density at radius 2 is 1.81 bits per heavy atom. The van der Waals surface area contributed by atoms with Gasteiger partial charge in [0.1, 0.15) is 29.3 Å². The van der Waals surface area contributed by atoms with Crippen LogP contribution in [0.15, 0.2) is 36.4 Å². The maximum atomic E-state index is 14.8. The van der Waals surface area contributed by atoms with Gasteiger partial charge in [-0.05, 0) is 90.3 Å². The van der Waals surface area contributed by atoms with Crippen LogP contribution in [0.1, 0.15) is 99.8 Å². The minimum Gasteiger partial charge on any atom is -0.496 e. The molecule has 2 aliphatic heterocycles. The Labute approximate surface area is 339 Å². The number of hydrogen-bond acceptors (Lipinski definition) is 11. The van der Waals surface area contributed by atoms with Gasteiger partial charge >= 0.3 is 0 Å². The van der Waals surface area contributed by atoms with E-state index in [9.17, 15) is 27.6 Å². The highest BCUT2D eigenvalue weighted by Gasteiger charge is 2.61. The molecule has 312 valence electrons. The molecule has 7 rings (SSSR count). The van der Waals surface area contributed by atoms with E-state index in [1.165, 1.54) is 4.90 Å². The zero-order valence-electron chi connectivity index (χ0n) is 34.1. The van der Waals surface area contributed by atoms with Crippen molar-refractivity contribution in [3.8, 4) is 17.4 Å². The van der Waals surface area contributed by atoms with Crippen LogP contribution in [-0.4, -0.2) is 94.8 Å². The number of sulfonamides is 1. The van der Waals surface area contributed by atoms with Crippen molar-refractivity contribution in [1.29, 1.82) is 0 Å². The van der Waals surface area contributed by atoms with E-state index in [2.05, 4.69) is 15.1 Å². The fourth-order valence-corrected chi connectivity index (χ4v) is 9.63. The van der Waals surface area contributed by atoms with Crippen LogP contribution in [0, 0.1) is 25.2 Å². The van der Waals surface area contributed by atoms with E-state index in [0.29, 0.717) is 66.8 Å². The van der Waals surface area contributed by atoms with Gasteiger partial charge in [0.05, 0.1) is 42.0 Å². The smallest absolute Gasteiger partial charge is 0.272 e. The third-order valence-corrected chi connectivity index (χ3v) is 13.7. The summed E-state index contributed by atoms with van der Waals surface area (Å²) in [5.74, 6) is -0.906. The molecule has 4 heterocycles. The van der Waals surface area contributed by atoms with E-state index in [0.717, 1.165) is 24.1 Å². The van der Waals surface area contributed by atoms with Gasteiger partial charge in [-0.25, -0.2) is 13.4 Å². The molecule has 0 radical (unpaired) electrons. The molecule has 4 aliphatic rings. The second kappa shape index (κ2) is 16.3. The van der Waals surface area contributed by atoms with Gasteiger partial charge in [0.15, 0.2) is 5.78 Å². The van der Waals surface area contributed by atoms with Gasteiger partial charge < -0.3 is 24.4 Å². The first-order valence-electron chi connectivity index (χ1n) is 20.3. The quantitative estimate of drug-likeness (QED) is 0.272. The lowest BCUT2D eigenvalue weighted by molar-refractivity contribution is -0.140. The molecule has 58 heavy (non-hydrogen) atoms. The number of nitrogens with zero attached hydrogens (tertiary/aromatic N) is 4. The number of hydrogen-bond donors (Lipinski definition) is 2. The summed E-state index contributed by atoms with van der Waals surface area (Å²) in [5, 5.41) is 7.31. The molecule has 2 N–H and O–H groups in total. The number of aromatic nitrogens is 3. The SMILES string of the molecule is COc1ccc2c(O[C@@H]3C[C@H]4C(=O)C[C@]5(C(=O)NS(=O)(=O)C6CC6)C[C@@H]5/C=C\CCCCC[C@H](NC(=O)c5cc(C)n(C)n5)C(=O)N4C3)cc(OC(C)C)nc2c1C. The Balaban J connectivity index is 1.23. The fraction of sp³-hybridized carbons (Fsp3) is 0.571. The summed E-state index contributed by atoms with van der Waals surface area (Å²) >= 11 is 0. The van der Waals surface area contributed by atoms with E-state index < -0.39 is 56.6 Å². The normalized spacial score (nSPS) is 25.9. The van der Waals surface area contributed by atoms with Gasteiger partial charge in [0.2, 0.25) is 27.7 Å². The molecule has 2 saturated carbocycles. The number of fused-ring (bicyclic) bond motifs is 3. The number of pyridine rings is 1. The van der Waals surface area contributed by atoms with Crippen molar-refractivity contribution in [3.63, 3.8) is 0 Å². The van der Waals surface area contributed by atoms with E-state index in [1.54, 1.807) is 31.0 Å². The molecule has 0 unspecified atom stereocenters. The minimum atomic E-state index is -3.87. The monoisotopic (exact) mass is 818 g/mol. The fourth-order valence-electron chi connectivity index (χ4n) is 8.25. The van der Waals surface area contributed by atoms with Crippen LogP contribution in [0.5, 0.6) is 17.4 Å². The van der Waals surface area contributed by atoms with Crippen molar-refractivity contribution in [1.82, 2.24) is 29.7 Å². The van der Waals surface area contributed by atoms with Crippen molar-refractivity contribution >= 4 is 44.4 Å². The number of carbonyl (C=O) groups is 4. The van der Waals surface area contributed by atoms with Crippen molar-refractivity contribution in [2.24, 2.45) is 18.4 Å². The maximum absolute atomic E-state index is 14.8. The molecular formula is C42H54N6O9S. The Morgan fingerprint density at radius 3 is 2.50 bits per heavy atom. The number of ketones is 1. The topological polar surface area (TPSA) is 188 Å². The summed E-state index contributed by atoms with van der Waals surface area (Å²) < 4.78 is 48.1. The second-order valence-electron chi connectivity index (χ2n) is 16.6. The largest absolute Gasteiger partial charge is 0.496 e. The average molecular weight is 819 g/mol. The molecule has 15 nitrogen and oxygen atoms in total. The number of ether oxygens (including phenoxy) is 3. The molecule has 1 aromatic carbocycles. The molecular weight excluding hydrogens is 765 g/mol. The molecule has 16 heteroatoms. The van der Waals surface area contributed by atoms with Crippen molar-refractivity contribution in [3.05, 3.63) is 53.4 Å². The van der Waals surface area contributed by atoms with Gasteiger partial charge in [0, 0.05) is 42.6 Å². The van der Waals surface area contributed by atoms with Crippen LogP contribution in [-0.2, 0) is 31.5 Å². The molecule has 1 saturated heterocycles. The highest BCUT2D eigenvalue weighted by Crippen LogP contribution is 2.57. The molecule has 2 aromatic heterocycles. The Kier molecular flexibility index (Phi) is 11.6. The van der Waals surface area contributed by atoms with Crippen LogP contribution in [0.3, 0.4) is 0 Å². The minimum absolute atomic E-state index is 0.0161. The van der Waals surface area contributed by atoms with Gasteiger partial charge in [-0.1, -0.05) is 25.0 Å². The highest BCUT2D eigenvalue weighted by atomic mass is 32.2. The van der Waals surface area contributed by atoms with E-state index in [4.69, 9.17) is 19.2 Å². The summed E-state index contributed by atoms with van der Waals surface area (Å²) in [7, 11) is -0.553. The van der Waals surface area contributed by atoms with Gasteiger partial charge in [-0.3, -0.25) is 28.6 Å². The second-order valence-corrected chi connectivity index (χ2v) is 18.5. The van der Waals surface area contributed by atoms with Gasteiger partial charge in [-0.2, -0.15) is 5.10 Å². The van der Waals surface area contributed by atoms with Gasteiger partial charge in [0.25, 0.3) is 5.91 Å². The Morgan fingerprint density at radius 1 is 1.03 bits per heavy atom. The third-order valence-electron chi connectivity index (χ3n) is 11.9. The maximum Gasteiger partial charge on any atom is 0.272 e. The summed E-state index contributed by atoms with van der Waals surface area (Å²) in [6.07, 6.45) is 7.46. The van der Waals surface area contributed by atoms with E-state index >= 15 is 0 Å². The summed E-state index contributed by atoms with van der Waals surface area (Å²) in [6.45, 7) is 7.52. The van der Waals surface area contributed by atoms with Crippen molar-refractivity contribution in [2.75, 3.05) is 13.7 Å². The Hall–Kier alpha value is -4.99. The van der Waals surface area contributed by atoms with Crippen LogP contribution >= 0.6 is 0 Å². The highest BCUT2D eigenvalue weighted by molar-refractivity contribution is 7.90. The predicted octanol–water partition coefficient (Wildman–Crippen LogP) is 4.62. The summed E-state index contributed by atoms with van der Waals surface area (Å²) in [6, 6.07) is 5.03. The predicted molar refractivity (Wildman–Crippen MR) is 215 cm³/mol. The first-order chi connectivity index (χ1) is 27.6. The van der Waals surface area contributed by atoms with Crippen LogP contribution in [0.4, 0.5) is 0 Å². The molecule has 2 aliphatic carbocycles. The molecule has 0 spiro atoms. The lowest BCUT2D eigenvalue weighted by Gasteiger charge is -2.29. The lowest BCUT2D eigenvalue weighted by Crippen LogP contribution is -2.52. The third kappa shape index (κ3) is 8.57. The van der Waals surface area contributed by atoms with Crippen LogP contribution in [0.25, 0.3) is 10.9 Å². The molecule has 3 amide bonds. The lowest BCUT2D eigenvalue weighted by atomic mass is 9.91. The van der Waals surface area contributed by atoms with Gasteiger partial charge in [-0.15, -0.1) is 0 Å². The molecule has 5 atom stereocenters. The number of rotatable bonds is 10. The number of methoxy groups -OCH3 is 1. The number of aryl methyl sites for hydroxylation is 3. The molecule has 0 bridgehead atoms. The van der Waals surface area contributed by atoms with Crippen LogP contribution in [0.2, 0.25) is 0 Å². The zero-order valence-corrected chi connectivity index (χ0v) is 34.9. The number of carbonyl (C=O) groups excluding carboxylic acids is 4. The van der Waals surface area contributed by atoms with E-state index in [1.807, 2.05) is 52.0 Å². The summed E-state index contributed by atoms with van der Waals surface area (Å²) in [5.41, 5.74) is 1.08. The number of nitrogens with one attached hydrogen (secondary N) is 2. The Bertz CT molecular complexity index is 2230. The standard InChI is InChI=1S/C42H54N6O9S/c1-24(2)56-37-20-36(30-16-17-35(55-6)26(4)38(30)44-37)57-28-19-33-34(49)22-42(41(52)46-58(53,54)29-14-15-29)21-27(42)12-10-8-7-9-11-13-31(40(51)48(33)23-28)43-39(50)32-18-25(3)47(5)45-32/h10,12,16-18,20,24,27-29,31,33H,7-9,11,13-15,19,21-23H2,1-6H3,(H,43,50)(H,46,52)/b12-10-/t27-,28+,31-,33-,42+/m0/s1. The van der Waals surface area contributed by atoms with Crippen molar-refractivity contribution in [2.45, 2.75) is 121 Å². The number of Topliss-reactive ketones (excluding diaryl/α,β-unsaturated/α-hetero) is 1.